The molecule has 1 aliphatic rings. The van der Waals surface area contributed by atoms with Gasteiger partial charge in [-0.05, 0) is 37.8 Å². The summed E-state index contributed by atoms with van der Waals surface area (Å²) in [6.45, 7) is 0. The zero-order valence-electron chi connectivity index (χ0n) is 11.6. The molecule has 1 fully saturated rings. The van der Waals surface area contributed by atoms with Gasteiger partial charge in [0.25, 0.3) is 5.69 Å². The smallest absolute Gasteiger partial charge is 0.290 e. The molecule has 0 spiro atoms. The fourth-order valence-electron chi connectivity index (χ4n) is 2.38. The normalized spacial score (nSPS) is 21.9. The van der Waals surface area contributed by atoms with Gasteiger partial charge in [0.2, 0.25) is 10.0 Å². The number of nitro groups is 1. The quantitative estimate of drug-likeness (QED) is 0.579. The van der Waals surface area contributed by atoms with Crippen molar-refractivity contribution in [1.29, 1.82) is 0 Å². The molecule has 0 heterocycles. The molecule has 0 aromatic heterocycles. The molecule has 22 heavy (non-hydrogen) atoms. The molecule has 7 nitrogen and oxygen atoms in total. The van der Waals surface area contributed by atoms with E-state index in [1.807, 2.05) is 0 Å². The summed E-state index contributed by atoms with van der Waals surface area (Å²) in [5, 5.41) is 11.0. The second-order valence-corrected chi connectivity index (χ2v) is 7.70. The van der Waals surface area contributed by atoms with Gasteiger partial charge < -0.3 is 5.73 Å². The second-order valence-electron chi connectivity index (χ2n) is 5.10. The van der Waals surface area contributed by atoms with Crippen molar-refractivity contribution in [3.63, 3.8) is 0 Å². The molecular weight excluding hydrogens is 398 g/mol. The average molecular weight is 415 g/mol. The van der Waals surface area contributed by atoms with Gasteiger partial charge in [-0.3, -0.25) is 10.1 Å². The SMILES string of the molecule is Cl.NC1CCC(NS(=O)(=O)c2ccc(Br)cc2[N+](=O)[O-])CC1. The molecule has 0 aliphatic heterocycles. The number of rotatable bonds is 4. The molecule has 3 N–H and O–H groups in total. The van der Waals surface area contributed by atoms with Crippen LogP contribution in [-0.2, 0) is 10.0 Å². The molecule has 0 radical (unpaired) electrons. The van der Waals surface area contributed by atoms with E-state index >= 15 is 0 Å². The highest BCUT2D eigenvalue weighted by Gasteiger charge is 2.29. The molecule has 0 saturated heterocycles. The summed E-state index contributed by atoms with van der Waals surface area (Å²) in [7, 11) is -3.92. The fourth-order valence-corrected chi connectivity index (χ4v) is 4.19. The van der Waals surface area contributed by atoms with Gasteiger partial charge in [-0.15, -0.1) is 12.4 Å². The van der Waals surface area contributed by atoms with Crippen LogP contribution in [-0.4, -0.2) is 25.4 Å². The number of nitro benzene ring substituents is 1. The first kappa shape index (κ1) is 19.3. The number of nitrogens with one attached hydrogen (secondary N) is 1. The summed E-state index contributed by atoms with van der Waals surface area (Å²) in [6, 6.07) is 3.77. The van der Waals surface area contributed by atoms with Gasteiger partial charge in [-0.25, -0.2) is 13.1 Å². The maximum Gasteiger partial charge on any atom is 0.290 e. The molecule has 1 aromatic rings. The molecule has 10 heteroatoms. The minimum Gasteiger partial charge on any atom is -0.328 e. The van der Waals surface area contributed by atoms with Gasteiger partial charge in [0.05, 0.1) is 4.92 Å². The molecule has 1 aromatic carbocycles. The van der Waals surface area contributed by atoms with Crippen molar-refractivity contribution in [1.82, 2.24) is 4.72 Å². The minimum absolute atomic E-state index is 0. The van der Waals surface area contributed by atoms with Crippen LogP contribution in [0, 0.1) is 10.1 Å². The van der Waals surface area contributed by atoms with Gasteiger partial charge in [0.1, 0.15) is 0 Å². The van der Waals surface area contributed by atoms with E-state index in [1.165, 1.54) is 18.2 Å². The Labute approximate surface area is 143 Å². The number of hydrogen-bond acceptors (Lipinski definition) is 5. The number of nitrogens with zero attached hydrogens (tertiary/aromatic N) is 1. The lowest BCUT2D eigenvalue weighted by Crippen LogP contribution is -2.40. The first-order chi connectivity index (χ1) is 9.79. The first-order valence-electron chi connectivity index (χ1n) is 6.51. The van der Waals surface area contributed by atoms with Crippen molar-refractivity contribution < 1.29 is 13.3 Å². The third-order valence-corrected chi connectivity index (χ3v) is 5.56. The van der Waals surface area contributed by atoms with Crippen molar-refractivity contribution in [2.24, 2.45) is 5.73 Å². The minimum atomic E-state index is -3.92. The van der Waals surface area contributed by atoms with E-state index in [0.717, 1.165) is 12.8 Å². The first-order valence-corrected chi connectivity index (χ1v) is 8.79. The van der Waals surface area contributed by atoms with E-state index in [9.17, 15) is 18.5 Å². The van der Waals surface area contributed by atoms with E-state index in [-0.39, 0.29) is 29.4 Å². The van der Waals surface area contributed by atoms with E-state index < -0.39 is 20.6 Å². The molecule has 2 rings (SSSR count). The molecule has 0 bridgehead atoms. The predicted octanol–water partition coefficient (Wildman–Crippen LogP) is 2.33. The highest BCUT2D eigenvalue weighted by Crippen LogP contribution is 2.28. The Bertz CT molecular complexity index is 648. The van der Waals surface area contributed by atoms with Crippen molar-refractivity contribution in [2.45, 2.75) is 42.7 Å². The van der Waals surface area contributed by atoms with Crippen LogP contribution < -0.4 is 10.5 Å². The van der Waals surface area contributed by atoms with E-state index in [4.69, 9.17) is 5.73 Å². The van der Waals surface area contributed by atoms with E-state index in [0.29, 0.717) is 17.3 Å². The van der Waals surface area contributed by atoms with Crippen LogP contribution in [0.5, 0.6) is 0 Å². The van der Waals surface area contributed by atoms with Gasteiger partial charge >= 0.3 is 0 Å². The van der Waals surface area contributed by atoms with Crippen LogP contribution in [0.15, 0.2) is 27.6 Å². The standard InChI is InChI=1S/C12H16BrN3O4S.ClH/c13-8-1-6-12(11(7-8)16(17)18)21(19,20)15-10-4-2-9(14)3-5-10;/h1,6-7,9-10,15H,2-5,14H2;1H. The number of benzene rings is 1. The van der Waals surface area contributed by atoms with Crippen molar-refractivity contribution in [2.75, 3.05) is 0 Å². The summed E-state index contributed by atoms with van der Waals surface area (Å²) < 4.78 is 27.7. The molecule has 1 aliphatic carbocycles. The largest absolute Gasteiger partial charge is 0.328 e. The Morgan fingerprint density at radius 2 is 1.86 bits per heavy atom. The fraction of sp³-hybridized carbons (Fsp3) is 0.500. The lowest BCUT2D eigenvalue weighted by Gasteiger charge is -2.26. The molecule has 0 atom stereocenters. The molecule has 124 valence electrons. The van der Waals surface area contributed by atoms with Crippen molar-refractivity contribution in [3.8, 4) is 0 Å². The van der Waals surface area contributed by atoms with Crippen LogP contribution in [0.25, 0.3) is 0 Å². The lowest BCUT2D eigenvalue weighted by molar-refractivity contribution is -0.387. The molecular formula is C12H17BrClN3O4S. The monoisotopic (exact) mass is 413 g/mol. The number of nitrogens with two attached hydrogens (primary N) is 1. The van der Waals surface area contributed by atoms with Crippen LogP contribution in [0.4, 0.5) is 5.69 Å². The zero-order chi connectivity index (χ0) is 15.6. The van der Waals surface area contributed by atoms with Crippen LogP contribution in [0.3, 0.4) is 0 Å². The number of hydrogen-bond donors (Lipinski definition) is 2. The predicted molar refractivity (Wildman–Crippen MR) is 88.6 cm³/mol. The Kier molecular flexibility index (Phi) is 6.75. The lowest BCUT2D eigenvalue weighted by atomic mass is 9.93. The highest BCUT2D eigenvalue weighted by molar-refractivity contribution is 9.10. The van der Waals surface area contributed by atoms with Crippen LogP contribution in [0.2, 0.25) is 0 Å². The van der Waals surface area contributed by atoms with Gasteiger partial charge in [0, 0.05) is 22.6 Å². The zero-order valence-corrected chi connectivity index (χ0v) is 14.8. The van der Waals surface area contributed by atoms with E-state index in [2.05, 4.69) is 20.7 Å². The summed E-state index contributed by atoms with van der Waals surface area (Å²) in [5.74, 6) is 0. The van der Waals surface area contributed by atoms with Crippen molar-refractivity contribution >= 4 is 44.0 Å². The Balaban J connectivity index is 0.00000242. The second kappa shape index (κ2) is 7.69. The number of sulfonamides is 1. The third-order valence-electron chi connectivity index (χ3n) is 3.50. The molecule has 0 unspecified atom stereocenters. The summed E-state index contributed by atoms with van der Waals surface area (Å²) in [4.78, 5) is 10.0. The average Bonchev–Trinajstić information content (AvgIpc) is 2.40. The number of halogens is 2. The summed E-state index contributed by atoms with van der Waals surface area (Å²) in [6.07, 6.45) is 2.78. The Morgan fingerprint density at radius 3 is 2.41 bits per heavy atom. The third kappa shape index (κ3) is 4.63. The van der Waals surface area contributed by atoms with Gasteiger partial charge in [0.15, 0.2) is 4.90 Å². The molecule has 1 saturated carbocycles. The van der Waals surface area contributed by atoms with Crippen LogP contribution >= 0.6 is 28.3 Å². The molecule has 0 amide bonds. The maximum atomic E-state index is 12.4. The topological polar surface area (TPSA) is 115 Å². The van der Waals surface area contributed by atoms with E-state index in [1.54, 1.807) is 0 Å². The van der Waals surface area contributed by atoms with Gasteiger partial charge in [-0.2, -0.15) is 0 Å². The maximum absolute atomic E-state index is 12.4. The Hall–Kier alpha value is -0.740. The van der Waals surface area contributed by atoms with Crippen LogP contribution in [0.1, 0.15) is 25.7 Å². The summed E-state index contributed by atoms with van der Waals surface area (Å²) in [5.41, 5.74) is 5.34. The van der Waals surface area contributed by atoms with Crippen molar-refractivity contribution in [3.05, 3.63) is 32.8 Å². The highest BCUT2D eigenvalue weighted by atomic mass is 79.9. The summed E-state index contributed by atoms with van der Waals surface area (Å²) >= 11 is 3.10. The Morgan fingerprint density at radius 1 is 1.27 bits per heavy atom. The van der Waals surface area contributed by atoms with Gasteiger partial charge in [-0.1, -0.05) is 15.9 Å².